The van der Waals surface area contributed by atoms with Crippen molar-refractivity contribution in [3.63, 3.8) is 0 Å². The molecule has 2 N–H and O–H groups in total. The number of amides is 1. The van der Waals surface area contributed by atoms with Gasteiger partial charge in [0.15, 0.2) is 11.5 Å². The molecule has 1 aromatic heterocycles. The van der Waals surface area contributed by atoms with Crippen LogP contribution >= 0.6 is 0 Å². The van der Waals surface area contributed by atoms with Crippen molar-refractivity contribution in [2.45, 2.75) is 0 Å². The van der Waals surface area contributed by atoms with Crippen LogP contribution in [0.4, 0.5) is 11.5 Å². The van der Waals surface area contributed by atoms with Gasteiger partial charge in [-0.3, -0.25) is 4.79 Å². The Labute approximate surface area is 133 Å². The second-order valence-electron chi connectivity index (χ2n) is 4.50. The molecule has 2 rings (SSSR count). The highest BCUT2D eigenvalue weighted by atomic mass is 16.5. The van der Waals surface area contributed by atoms with E-state index in [2.05, 4.69) is 32.1 Å². The molecule has 0 atom stereocenters. The van der Waals surface area contributed by atoms with Crippen LogP contribution in [0.5, 0.6) is 0 Å². The van der Waals surface area contributed by atoms with Crippen molar-refractivity contribution in [2.75, 3.05) is 19.0 Å². The van der Waals surface area contributed by atoms with Gasteiger partial charge < -0.3 is 15.4 Å². The molecule has 0 aliphatic carbocycles. The Morgan fingerprint density at radius 3 is 2.74 bits per heavy atom. The predicted molar refractivity (Wildman–Crippen MR) is 85.6 cm³/mol. The van der Waals surface area contributed by atoms with Crippen molar-refractivity contribution in [1.82, 2.24) is 15.5 Å². The number of nitrogens with zero attached hydrogens (tertiary/aromatic N) is 2. The molecule has 0 saturated carbocycles. The molecule has 0 unspecified atom stereocenters. The fourth-order valence-corrected chi connectivity index (χ4v) is 1.77. The molecule has 0 spiro atoms. The second kappa shape index (κ2) is 7.69. The third-order valence-electron chi connectivity index (χ3n) is 2.86. The maximum atomic E-state index is 11.7. The SMILES string of the molecule is C=CCNC(=O)c1ccc(Nc2cccc(C(=O)OC)c2)nn1. The van der Waals surface area contributed by atoms with E-state index in [0.29, 0.717) is 23.6 Å². The number of esters is 1. The van der Waals surface area contributed by atoms with E-state index < -0.39 is 5.97 Å². The summed E-state index contributed by atoms with van der Waals surface area (Å²) < 4.78 is 4.67. The maximum absolute atomic E-state index is 11.7. The van der Waals surface area contributed by atoms with Crippen LogP contribution in [0.2, 0.25) is 0 Å². The van der Waals surface area contributed by atoms with Gasteiger partial charge in [-0.2, -0.15) is 0 Å². The topological polar surface area (TPSA) is 93.2 Å². The Morgan fingerprint density at radius 1 is 1.26 bits per heavy atom. The van der Waals surface area contributed by atoms with Crippen LogP contribution < -0.4 is 10.6 Å². The first-order chi connectivity index (χ1) is 11.1. The highest BCUT2D eigenvalue weighted by molar-refractivity contribution is 5.92. The molecule has 1 aromatic carbocycles. The van der Waals surface area contributed by atoms with Crippen molar-refractivity contribution < 1.29 is 14.3 Å². The largest absolute Gasteiger partial charge is 0.465 e. The molecule has 7 heteroatoms. The summed E-state index contributed by atoms with van der Waals surface area (Å²) in [5, 5.41) is 13.4. The minimum atomic E-state index is -0.422. The number of hydrogen-bond donors (Lipinski definition) is 2. The maximum Gasteiger partial charge on any atom is 0.337 e. The van der Waals surface area contributed by atoms with E-state index in [9.17, 15) is 9.59 Å². The van der Waals surface area contributed by atoms with Crippen molar-refractivity contribution in [3.8, 4) is 0 Å². The lowest BCUT2D eigenvalue weighted by atomic mass is 10.2. The van der Waals surface area contributed by atoms with Gasteiger partial charge in [-0.05, 0) is 30.3 Å². The van der Waals surface area contributed by atoms with Crippen LogP contribution in [0.15, 0.2) is 49.1 Å². The Hall–Kier alpha value is -3.22. The van der Waals surface area contributed by atoms with Crippen molar-refractivity contribution in [1.29, 1.82) is 0 Å². The molecular weight excluding hydrogens is 296 g/mol. The average molecular weight is 312 g/mol. The molecule has 1 amide bonds. The van der Waals surface area contributed by atoms with Crippen molar-refractivity contribution in [2.24, 2.45) is 0 Å². The predicted octanol–water partition coefficient (Wildman–Crippen LogP) is 1.92. The van der Waals surface area contributed by atoms with E-state index in [1.807, 2.05) is 0 Å². The molecule has 23 heavy (non-hydrogen) atoms. The lowest BCUT2D eigenvalue weighted by molar-refractivity contribution is 0.0600. The Kier molecular flexibility index (Phi) is 5.40. The Bertz CT molecular complexity index is 714. The monoisotopic (exact) mass is 312 g/mol. The number of benzene rings is 1. The number of methoxy groups -OCH3 is 1. The summed E-state index contributed by atoms with van der Waals surface area (Å²) in [5.74, 6) is -0.294. The number of rotatable bonds is 6. The number of anilines is 2. The summed E-state index contributed by atoms with van der Waals surface area (Å²) in [6.07, 6.45) is 1.58. The highest BCUT2D eigenvalue weighted by Gasteiger charge is 2.08. The number of aromatic nitrogens is 2. The van der Waals surface area contributed by atoms with Gasteiger partial charge in [0.05, 0.1) is 12.7 Å². The first kappa shape index (κ1) is 16.2. The quantitative estimate of drug-likeness (QED) is 0.625. The zero-order chi connectivity index (χ0) is 16.7. The van der Waals surface area contributed by atoms with Gasteiger partial charge in [0.1, 0.15) is 0 Å². The minimum absolute atomic E-state index is 0.209. The molecule has 0 fully saturated rings. The molecule has 0 aliphatic heterocycles. The fourth-order valence-electron chi connectivity index (χ4n) is 1.77. The summed E-state index contributed by atoms with van der Waals surface area (Å²) in [5.41, 5.74) is 1.29. The van der Waals surface area contributed by atoms with E-state index >= 15 is 0 Å². The van der Waals surface area contributed by atoms with Gasteiger partial charge in [-0.25, -0.2) is 4.79 Å². The zero-order valence-electron chi connectivity index (χ0n) is 12.6. The molecule has 0 radical (unpaired) electrons. The van der Waals surface area contributed by atoms with E-state index in [1.165, 1.54) is 7.11 Å². The van der Waals surface area contributed by atoms with Gasteiger partial charge in [-0.1, -0.05) is 12.1 Å². The summed E-state index contributed by atoms with van der Waals surface area (Å²) in [4.78, 5) is 23.2. The molecule has 0 saturated heterocycles. The third kappa shape index (κ3) is 4.37. The van der Waals surface area contributed by atoms with E-state index in [1.54, 1.807) is 42.5 Å². The minimum Gasteiger partial charge on any atom is -0.465 e. The summed E-state index contributed by atoms with van der Waals surface area (Å²) in [6.45, 7) is 3.88. The van der Waals surface area contributed by atoms with Crippen LogP contribution in [-0.2, 0) is 4.74 Å². The number of ether oxygens (including phenoxy) is 1. The molecule has 2 aromatic rings. The van der Waals surface area contributed by atoms with Crippen LogP contribution in [0, 0.1) is 0 Å². The fraction of sp³-hybridized carbons (Fsp3) is 0.125. The molecule has 0 bridgehead atoms. The van der Waals surface area contributed by atoms with Crippen LogP contribution in [0.25, 0.3) is 0 Å². The van der Waals surface area contributed by atoms with Crippen LogP contribution in [0.3, 0.4) is 0 Å². The molecule has 0 aliphatic rings. The Balaban J connectivity index is 2.07. The van der Waals surface area contributed by atoms with Crippen molar-refractivity contribution >= 4 is 23.4 Å². The van der Waals surface area contributed by atoms with Gasteiger partial charge >= 0.3 is 5.97 Å². The first-order valence-corrected chi connectivity index (χ1v) is 6.82. The summed E-state index contributed by atoms with van der Waals surface area (Å²) >= 11 is 0. The lowest BCUT2D eigenvalue weighted by Gasteiger charge is -2.07. The highest BCUT2D eigenvalue weighted by Crippen LogP contribution is 2.16. The van der Waals surface area contributed by atoms with E-state index in [-0.39, 0.29) is 11.6 Å². The van der Waals surface area contributed by atoms with Gasteiger partial charge in [-0.15, -0.1) is 16.8 Å². The second-order valence-corrected chi connectivity index (χ2v) is 4.50. The first-order valence-electron chi connectivity index (χ1n) is 6.82. The Morgan fingerprint density at radius 2 is 2.09 bits per heavy atom. The summed E-state index contributed by atoms with van der Waals surface area (Å²) in [6, 6.07) is 9.96. The number of nitrogens with one attached hydrogen (secondary N) is 2. The number of carbonyl (C=O) groups is 2. The average Bonchev–Trinajstić information content (AvgIpc) is 2.59. The van der Waals surface area contributed by atoms with E-state index in [4.69, 9.17) is 0 Å². The number of carbonyl (C=O) groups excluding carboxylic acids is 2. The van der Waals surface area contributed by atoms with Crippen LogP contribution in [-0.4, -0.2) is 35.7 Å². The van der Waals surface area contributed by atoms with Crippen LogP contribution in [0.1, 0.15) is 20.8 Å². The number of hydrogen-bond acceptors (Lipinski definition) is 6. The van der Waals surface area contributed by atoms with Gasteiger partial charge in [0.2, 0.25) is 0 Å². The van der Waals surface area contributed by atoms with E-state index in [0.717, 1.165) is 0 Å². The zero-order valence-corrected chi connectivity index (χ0v) is 12.6. The molecule has 7 nitrogen and oxygen atoms in total. The van der Waals surface area contributed by atoms with Gasteiger partial charge in [0, 0.05) is 12.2 Å². The lowest BCUT2D eigenvalue weighted by Crippen LogP contribution is -2.24. The molecular formula is C16H16N4O3. The van der Waals surface area contributed by atoms with Gasteiger partial charge in [0.25, 0.3) is 5.91 Å². The van der Waals surface area contributed by atoms with Crippen molar-refractivity contribution in [3.05, 3.63) is 60.3 Å². The molecule has 1 heterocycles. The summed E-state index contributed by atoms with van der Waals surface area (Å²) in [7, 11) is 1.32. The normalized spacial score (nSPS) is 9.78. The smallest absolute Gasteiger partial charge is 0.337 e. The third-order valence-corrected chi connectivity index (χ3v) is 2.86. The standard InChI is InChI=1S/C16H16N4O3/c1-3-9-17-15(21)13-7-8-14(20-19-13)18-12-6-4-5-11(10-12)16(22)23-2/h3-8,10H,1,9H2,2H3,(H,17,21)(H,18,20). The molecule has 118 valence electrons.